The van der Waals surface area contributed by atoms with E-state index in [1.807, 2.05) is 65.6 Å². The number of likely N-dealkylation sites (tertiary alicyclic amines) is 1. The summed E-state index contributed by atoms with van der Waals surface area (Å²) < 4.78 is 5.39. The summed E-state index contributed by atoms with van der Waals surface area (Å²) in [7, 11) is 1.62. The minimum atomic E-state index is -0.364. The number of ether oxygens (including phenoxy) is 1. The molecule has 0 bridgehead atoms. The number of hydrogen-bond acceptors (Lipinski definition) is 5. The number of nitro groups is 1. The van der Waals surface area contributed by atoms with Crippen LogP contribution in [0.4, 0.5) is 11.4 Å². The number of rotatable bonds is 7. The second-order valence-corrected chi connectivity index (χ2v) is 8.18. The van der Waals surface area contributed by atoms with Gasteiger partial charge in [-0.1, -0.05) is 36.4 Å². The Morgan fingerprint density at radius 3 is 2.45 bits per heavy atom. The molecular weight excluding hydrogens is 418 g/mol. The first-order valence-electron chi connectivity index (χ1n) is 11.0. The summed E-state index contributed by atoms with van der Waals surface area (Å²) >= 11 is 0. The van der Waals surface area contributed by atoms with Gasteiger partial charge in [0.25, 0.3) is 11.6 Å². The van der Waals surface area contributed by atoms with Gasteiger partial charge in [0.05, 0.1) is 12.0 Å². The van der Waals surface area contributed by atoms with E-state index in [0.29, 0.717) is 17.9 Å². The standard InChI is InChI=1S/C26H27N3O4/c1-33-25-12-6-10-23(18-25)28(26(30)21-8-3-2-4-9-21)22-13-15-27(16-14-22)19-20-7-5-11-24(17-20)29(31)32/h2-12,17-18,22H,13-16,19H2,1H3. The molecule has 0 atom stereocenters. The number of nitro benzene ring substituents is 1. The molecule has 1 aliphatic rings. The molecule has 170 valence electrons. The van der Waals surface area contributed by atoms with Gasteiger partial charge in [0, 0.05) is 55.1 Å². The lowest BCUT2D eigenvalue weighted by atomic mass is 10.00. The van der Waals surface area contributed by atoms with Gasteiger partial charge in [-0.2, -0.15) is 0 Å². The first-order valence-corrected chi connectivity index (χ1v) is 11.0. The zero-order valence-electron chi connectivity index (χ0n) is 18.6. The molecule has 33 heavy (non-hydrogen) atoms. The van der Waals surface area contributed by atoms with Gasteiger partial charge in [-0.05, 0) is 42.7 Å². The monoisotopic (exact) mass is 445 g/mol. The topological polar surface area (TPSA) is 75.9 Å². The van der Waals surface area contributed by atoms with Gasteiger partial charge in [-0.15, -0.1) is 0 Å². The van der Waals surface area contributed by atoms with Gasteiger partial charge < -0.3 is 9.64 Å². The van der Waals surface area contributed by atoms with Crippen LogP contribution in [0.3, 0.4) is 0 Å². The molecule has 0 N–H and O–H groups in total. The molecule has 1 saturated heterocycles. The number of carbonyl (C=O) groups is 1. The summed E-state index contributed by atoms with van der Waals surface area (Å²) in [4.78, 5) is 28.4. The maximum absolute atomic E-state index is 13.5. The average molecular weight is 446 g/mol. The molecule has 3 aromatic carbocycles. The Labute approximate surface area is 193 Å². The molecule has 0 unspecified atom stereocenters. The largest absolute Gasteiger partial charge is 0.497 e. The molecule has 1 heterocycles. The highest BCUT2D eigenvalue weighted by Gasteiger charge is 2.30. The normalized spacial score (nSPS) is 14.6. The van der Waals surface area contributed by atoms with Crippen LogP contribution in [-0.2, 0) is 6.54 Å². The van der Waals surface area contributed by atoms with E-state index in [1.54, 1.807) is 19.2 Å². The molecule has 0 aromatic heterocycles. The smallest absolute Gasteiger partial charge is 0.269 e. The Morgan fingerprint density at radius 1 is 1.03 bits per heavy atom. The van der Waals surface area contributed by atoms with Crippen molar-refractivity contribution in [3.05, 3.63) is 100 Å². The van der Waals surface area contributed by atoms with Crippen molar-refractivity contribution in [3.63, 3.8) is 0 Å². The van der Waals surface area contributed by atoms with Gasteiger partial charge in [0.1, 0.15) is 5.75 Å². The van der Waals surface area contributed by atoms with E-state index in [2.05, 4.69) is 4.90 Å². The van der Waals surface area contributed by atoms with Gasteiger partial charge in [-0.25, -0.2) is 0 Å². The maximum atomic E-state index is 13.5. The highest BCUT2D eigenvalue weighted by Crippen LogP contribution is 2.29. The zero-order chi connectivity index (χ0) is 23.2. The zero-order valence-corrected chi connectivity index (χ0v) is 18.6. The SMILES string of the molecule is COc1cccc(N(C(=O)c2ccccc2)C2CCN(Cc3cccc([N+](=O)[O-])c3)CC2)c1. The van der Waals surface area contributed by atoms with E-state index >= 15 is 0 Å². The van der Waals surface area contributed by atoms with Gasteiger partial charge in [0.2, 0.25) is 0 Å². The summed E-state index contributed by atoms with van der Waals surface area (Å²) in [5.41, 5.74) is 2.51. The van der Waals surface area contributed by atoms with Crippen molar-refractivity contribution in [1.29, 1.82) is 0 Å². The number of amides is 1. The quantitative estimate of drug-likeness (QED) is 0.381. The summed E-state index contributed by atoms with van der Waals surface area (Å²) in [6.45, 7) is 2.26. The van der Waals surface area contributed by atoms with E-state index in [9.17, 15) is 14.9 Å². The van der Waals surface area contributed by atoms with Crippen molar-refractivity contribution >= 4 is 17.3 Å². The Balaban J connectivity index is 1.51. The van der Waals surface area contributed by atoms with Crippen LogP contribution in [0.1, 0.15) is 28.8 Å². The molecule has 0 aliphatic carbocycles. The van der Waals surface area contributed by atoms with Crippen LogP contribution in [0.5, 0.6) is 5.75 Å². The van der Waals surface area contributed by atoms with Crippen LogP contribution in [-0.4, -0.2) is 42.0 Å². The Hall–Kier alpha value is -3.71. The average Bonchev–Trinajstić information content (AvgIpc) is 2.86. The lowest BCUT2D eigenvalue weighted by Gasteiger charge is -2.38. The van der Waals surface area contributed by atoms with E-state index in [0.717, 1.165) is 37.2 Å². The lowest BCUT2D eigenvalue weighted by Crippen LogP contribution is -2.47. The second-order valence-electron chi connectivity index (χ2n) is 8.18. The second kappa shape index (κ2) is 10.3. The van der Waals surface area contributed by atoms with Crippen LogP contribution in [0, 0.1) is 10.1 Å². The van der Waals surface area contributed by atoms with E-state index in [-0.39, 0.29) is 22.6 Å². The number of benzene rings is 3. The molecule has 0 saturated carbocycles. The number of piperidine rings is 1. The van der Waals surface area contributed by atoms with Crippen LogP contribution in [0.2, 0.25) is 0 Å². The Bertz CT molecular complexity index is 1110. The fourth-order valence-corrected chi connectivity index (χ4v) is 4.34. The van der Waals surface area contributed by atoms with Crippen LogP contribution in [0.25, 0.3) is 0 Å². The van der Waals surface area contributed by atoms with E-state index < -0.39 is 0 Å². The molecule has 1 fully saturated rings. The third-order valence-electron chi connectivity index (χ3n) is 6.02. The predicted molar refractivity (Wildman–Crippen MR) is 128 cm³/mol. The van der Waals surface area contributed by atoms with E-state index in [1.165, 1.54) is 6.07 Å². The summed E-state index contributed by atoms with van der Waals surface area (Å²) in [5.74, 6) is 0.683. The molecule has 0 spiro atoms. The lowest BCUT2D eigenvalue weighted by molar-refractivity contribution is -0.384. The van der Waals surface area contributed by atoms with Crippen molar-refractivity contribution in [2.75, 3.05) is 25.1 Å². The van der Waals surface area contributed by atoms with Crippen molar-refractivity contribution in [1.82, 2.24) is 4.90 Å². The van der Waals surface area contributed by atoms with Gasteiger partial charge in [0.15, 0.2) is 0 Å². The third kappa shape index (κ3) is 5.38. The highest BCUT2D eigenvalue weighted by atomic mass is 16.6. The number of carbonyl (C=O) groups excluding carboxylic acids is 1. The number of non-ortho nitro benzene ring substituents is 1. The maximum Gasteiger partial charge on any atom is 0.269 e. The number of nitrogens with zero attached hydrogens (tertiary/aromatic N) is 3. The van der Waals surface area contributed by atoms with Crippen molar-refractivity contribution in [2.45, 2.75) is 25.4 Å². The minimum Gasteiger partial charge on any atom is -0.497 e. The van der Waals surface area contributed by atoms with Gasteiger partial charge in [-0.3, -0.25) is 19.8 Å². The predicted octanol–water partition coefficient (Wildman–Crippen LogP) is 4.91. The molecule has 1 aliphatic heterocycles. The molecule has 0 radical (unpaired) electrons. The molecule has 4 rings (SSSR count). The van der Waals surface area contributed by atoms with Crippen molar-refractivity contribution in [2.24, 2.45) is 0 Å². The summed E-state index contributed by atoms with van der Waals surface area (Å²) in [6, 6.07) is 23.8. The molecule has 1 amide bonds. The van der Waals surface area contributed by atoms with Crippen LogP contribution < -0.4 is 9.64 Å². The number of methoxy groups -OCH3 is 1. The van der Waals surface area contributed by atoms with E-state index in [4.69, 9.17) is 4.74 Å². The molecule has 7 heteroatoms. The summed E-state index contributed by atoms with van der Waals surface area (Å²) in [6.07, 6.45) is 1.62. The molecular formula is C26H27N3O4. The summed E-state index contributed by atoms with van der Waals surface area (Å²) in [5, 5.41) is 11.1. The van der Waals surface area contributed by atoms with Crippen molar-refractivity contribution in [3.8, 4) is 5.75 Å². The van der Waals surface area contributed by atoms with Crippen molar-refractivity contribution < 1.29 is 14.5 Å². The third-order valence-corrected chi connectivity index (χ3v) is 6.02. The fraction of sp³-hybridized carbons (Fsp3) is 0.269. The Morgan fingerprint density at radius 2 is 1.76 bits per heavy atom. The first-order chi connectivity index (χ1) is 16.0. The first kappa shape index (κ1) is 22.5. The van der Waals surface area contributed by atoms with Crippen LogP contribution in [0.15, 0.2) is 78.9 Å². The molecule has 7 nitrogen and oxygen atoms in total. The number of hydrogen-bond donors (Lipinski definition) is 0. The van der Waals surface area contributed by atoms with Gasteiger partial charge >= 0.3 is 0 Å². The Kier molecular flexibility index (Phi) is 7.00. The fourth-order valence-electron chi connectivity index (χ4n) is 4.34. The highest BCUT2D eigenvalue weighted by molar-refractivity contribution is 6.06. The minimum absolute atomic E-state index is 0.0269. The van der Waals surface area contributed by atoms with Crippen LogP contribution >= 0.6 is 0 Å². The molecule has 3 aromatic rings. The number of anilines is 1.